The molecular weight excluding hydrogens is 376 g/mol. The topological polar surface area (TPSA) is 108 Å². The molecule has 2 aromatic carbocycles. The number of sulfone groups is 1. The fraction of sp³-hybridized carbons (Fsp3) is 0.200. The number of aliphatic hydroxyl groups excluding tert-OH is 1. The molecule has 0 saturated carbocycles. The lowest BCUT2D eigenvalue weighted by Crippen LogP contribution is -2.04. The molecule has 0 radical (unpaired) electrons. The summed E-state index contributed by atoms with van der Waals surface area (Å²) in [6.45, 7) is 1.74. The van der Waals surface area contributed by atoms with E-state index in [1.54, 1.807) is 29.9 Å². The molecule has 0 fully saturated rings. The van der Waals surface area contributed by atoms with Crippen molar-refractivity contribution < 1.29 is 13.5 Å². The molecule has 1 aromatic heterocycles. The van der Waals surface area contributed by atoms with Gasteiger partial charge in [-0.05, 0) is 55.3 Å². The molecule has 144 valence electrons. The fourth-order valence-corrected chi connectivity index (χ4v) is 3.36. The summed E-state index contributed by atoms with van der Waals surface area (Å²) in [4.78, 5) is 0.223. The standard InChI is InChI=1S/C20H20N4O3S/c1-14(25)11-15-3-7-18(8-4-15)24-13-16(12-21)20(23-24)22-17-5-9-19(10-6-17)28(2,26)27/h3-10,13-14,25H,11H2,1-2H3,(H,22,23). The molecule has 3 aromatic rings. The highest BCUT2D eigenvalue weighted by atomic mass is 32.2. The minimum absolute atomic E-state index is 0.223. The number of nitrogens with one attached hydrogen (secondary N) is 1. The summed E-state index contributed by atoms with van der Waals surface area (Å²) in [6, 6.07) is 15.9. The van der Waals surface area contributed by atoms with Crippen molar-refractivity contribution in [3.63, 3.8) is 0 Å². The van der Waals surface area contributed by atoms with Crippen molar-refractivity contribution in [3.8, 4) is 11.8 Å². The van der Waals surface area contributed by atoms with Gasteiger partial charge in [0.15, 0.2) is 15.7 Å². The molecule has 0 amide bonds. The summed E-state index contributed by atoms with van der Waals surface area (Å²) < 4.78 is 24.7. The highest BCUT2D eigenvalue weighted by Crippen LogP contribution is 2.22. The van der Waals surface area contributed by atoms with E-state index in [0.29, 0.717) is 23.5 Å². The predicted octanol–water partition coefficient (Wildman–Crippen LogP) is 2.81. The molecule has 1 heterocycles. The lowest BCUT2D eigenvalue weighted by molar-refractivity contribution is 0.195. The number of hydrogen-bond donors (Lipinski definition) is 2. The van der Waals surface area contributed by atoms with Crippen LogP contribution in [0.1, 0.15) is 18.1 Å². The van der Waals surface area contributed by atoms with Crippen molar-refractivity contribution in [2.75, 3.05) is 11.6 Å². The van der Waals surface area contributed by atoms with E-state index in [-0.39, 0.29) is 4.90 Å². The fourth-order valence-electron chi connectivity index (χ4n) is 2.73. The minimum atomic E-state index is -3.26. The van der Waals surface area contributed by atoms with Gasteiger partial charge in [-0.3, -0.25) is 0 Å². The van der Waals surface area contributed by atoms with Crippen LogP contribution < -0.4 is 5.32 Å². The first-order valence-corrected chi connectivity index (χ1v) is 10.5. The van der Waals surface area contributed by atoms with Gasteiger partial charge in [-0.25, -0.2) is 13.1 Å². The van der Waals surface area contributed by atoms with Crippen LogP contribution in [-0.2, 0) is 16.3 Å². The number of nitrogens with zero attached hydrogens (tertiary/aromatic N) is 3. The number of aliphatic hydroxyl groups is 1. The zero-order valence-corrected chi connectivity index (χ0v) is 16.3. The monoisotopic (exact) mass is 396 g/mol. The molecule has 0 aliphatic heterocycles. The Bertz CT molecular complexity index is 1110. The van der Waals surface area contributed by atoms with Crippen molar-refractivity contribution >= 4 is 21.3 Å². The van der Waals surface area contributed by atoms with Crippen LogP contribution in [0.15, 0.2) is 59.6 Å². The Kier molecular flexibility index (Phi) is 5.49. The minimum Gasteiger partial charge on any atom is -0.393 e. The third-order valence-corrected chi connectivity index (χ3v) is 5.24. The van der Waals surface area contributed by atoms with E-state index < -0.39 is 15.9 Å². The summed E-state index contributed by atoms with van der Waals surface area (Å²) in [5.41, 5.74) is 2.78. The molecule has 1 unspecified atom stereocenters. The van der Waals surface area contributed by atoms with E-state index in [1.807, 2.05) is 24.3 Å². The van der Waals surface area contributed by atoms with E-state index in [0.717, 1.165) is 17.5 Å². The summed E-state index contributed by atoms with van der Waals surface area (Å²) in [6.07, 6.45) is 2.93. The Balaban J connectivity index is 1.84. The second-order valence-electron chi connectivity index (χ2n) is 6.59. The quantitative estimate of drug-likeness (QED) is 0.663. The predicted molar refractivity (Wildman–Crippen MR) is 106 cm³/mol. The van der Waals surface area contributed by atoms with Crippen LogP contribution in [0, 0.1) is 11.3 Å². The van der Waals surface area contributed by atoms with Gasteiger partial charge in [0.05, 0.1) is 22.9 Å². The summed E-state index contributed by atoms with van der Waals surface area (Å²) in [5.74, 6) is 0.377. The first-order chi connectivity index (χ1) is 13.3. The summed E-state index contributed by atoms with van der Waals surface area (Å²) in [5, 5.41) is 26.3. The Hall–Kier alpha value is -3.15. The van der Waals surface area contributed by atoms with Gasteiger partial charge in [-0.15, -0.1) is 5.10 Å². The van der Waals surface area contributed by atoms with Gasteiger partial charge in [0, 0.05) is 11.9 Å². The maximum absolute atomic E-state index is 11.6. The normalized spacial score (nSPS) is 12.4. The van der Waals surface area contributed by atoms with Gasteiger partial charge in [0.2, 0.25) is 0 Å². The zero-order valence-electron chi connectivity index (χ0n) is 15.5. The average Bonchev–Trinajstić information content (AvgIpc) is 3.04. The number of rotatable bonds is 6. The van der Waals surface area contributed by atoms with Crippen LogP contribution in [0.25, 0.3) is 5.69 Å². The lowest BCUT2D eigenvalue weighted by Gasteiger charge is -2.07. The smallest absolute Gasteiger partial charge is 0.175 e. The van der Waals surface area contributed by atoms with Gasteiger partial charge in [-0.2, -0.15) is 5.26 Å². The first-order valence-electron chi connectivity index (χ1n) is 8.60. The Morgan fingerprint density at radius 1 is 1.18 bits per heavy atom. The zero-order chi connectivity index (χ0) is 20.3. The van der Waals surface area contributed by atoms with Crippen molar-refractivity contribution in [2.45, 2.75) is 24.3 Å². The first kappa shape index (κ1) is 19.6. The van der Waals surface area contributed by atoms with Crippen LogP contribution in [0.2, 0.25) is 0 Å². The highest BCUT2D eigenvalue weighted by molar-refractivity contribution is 7.90. The molecule has 7 nitrogen and oxygen atoms in total. The number of aromatic nitrogens is 2. The number of nitriles is 1. The SMILES string of the molecule is CC(O)Cc1ccc(-n2cc(C#N)c(Nc3ccc(S(C)(=O)=O)cc3)n2)cc1. The second kappa shape index (κ2) is 7.84. The van der Waals surface area contributed by atoms with E-state index in [1.165, 1.54) is 12.1 Å². The molecule has 0 aliphatic rings. The van der Waals surface area contributed by atoms with Crippen molar-refractivity contribution in [3.05, 3.63) is 65.9 Å². The van der Waals surface area contributed by atoms with Gasteiger partial charge < -0.3 is 10.4 Å². The van der Waals surface area contributed by atoms with Crippen LogP contribution in [0.3, 0.4) is 0 Å². The molecule has 8 heteroatoms. The molecule has 3 rings (SSSR count). The Labute approximate surface area is 163 Å². The van der Waals surface area contributed by atoms with Crippen LogP contribution >= 0.6 is 0 Å². The van der Waals surface area contributed by atoms with E-state index >= 15 is 0 Å². The lowest BCUT2D eigenvalue weighted by atomic mass is 10.1. The van der Waals surface area contributed by atoms with Crippen LogP contribution in [0.4, 0.5) is 11.5 Å². The van der Waals surface area contributed by atoms with Gasteiger partial charge in [0.25, 0.3) is 0 Å². The molecule has 1 atom stereocenters. The molecule has 0 spiro atoms. The molecule has 0 bridgehead atoms. The molecule has 0 aliphatic carbocycles. The maximum Gasteiger partial charge on any atom is 0.175 e. The van der Waals surface area contributed by atoms with Crippen molar-refractivity contribution in [1.29, 1.82) is 5.26 Å². The van der Waals surface area contributed by atoms with Crippen molar-refractivity contribution in [2.24, 2.45) is 0 Å². The molecule has 2 N–H and O–H groups in total. The summed E-state index contributed by atoms with van der Waals surface area (Å²) >= 11 is 0. The maximum atomic E-state index is 11.6. The van der Waals surface area contributed by atoms with Gasteiger partial charge in [-0.1, -0.05) is 12.1 Å². The molecule has 0 saturated heterocycles. The van der Waals surface area contributed by atoms with Crippen LogP contribution in [0.5, 0.6) is 0 Å². The highest BCUT2D eigenvalue weighted by Gasteiger charge is 2.12. The van der Waals surface area contributed by atoms with Crippen LogP contribution in [-0.4, -0.2) is 35.7 Å². The Morgan fingerprint density at radius 2 is 1.82 bits per heavy atom. The number of benzene rings is 2. The largest absolute Gasteiger partial charge is 0.393 e. The summed E-state index contributed by atoms with van der Waals surface area (Å²) in [7, 11) is -3.26. The second-order valence-corrected chi connectivity index (χ2v) is 8.60. The number of hydrogen-bond acceptors (Lipinski definition) is 6. The van der Waals surface area contributed by atoms with Crippen molar-refractivity contribution in [1.82, 2.24) is 9.78 Å². The van der Waals surface area contributed by atoms with E-state index in [9.17, 15) is 18.8 Å². The van der Waals surface area contributed by atoms with E-state index in [4.69, 9.17) is 0 Å². The van der Waals surface area contributed by atoms with Gasteiger partial charge >= 0.3 is 0 Å². The third-order valence-electron chi connectivity index (χ3n) is 4.11. The van der Waals surface area contributed by atoms with Gasteiger partial charge in [0.1, 0.15) is 11.6 Å². The van der Waals surface area contributed by atoms with E-state index in [2.05, 4.69) is 16.5 Å². The third kappa shape index (κ3) is 4.57. The Morgan fingerprint density at radius 3 is 2.36 bits per heavy atom. The average molecular weight is 396 g/mol. The number of anilines is 2. The molecule has 28 heavy (non-hydrogen) atoms. The molecular formula is C20H20N4O3S.